The number of benzene rings is 1. The summed E-state index contributed by atoms with van der Waals surface area (Å²) in [5.74, 6) is -0.00762. The topological polar surface area (TPSA) is 17.1 Å². The van der Waals surface area contributed by atoms with Crippen molar-refractivity contribution in [1.29, 1.82) is 0 Å². The van der Waals surface area contributed by atoms with Crippen molar-refractivity contribution in [2.24, 2.45) is 5.41 Å². The molecular formula is C15H18BrFO. The lowest BCUT2D eigenvalue weighted by Crippen LogP contribution is -2.29. The normalized spacial score (nSPS) is 17.9. The van der Waals surface area contributed by atoms with Gasteiger partial charge in [0, 0.05) is 16.3 Å². The molecule has 2 rings (SSSR count). The maximum absolute atomic E-state index is 13.2. The molecule has 1 aromatic rings. The largest absolute Gasteiger partial charge is 0.299 e. The van der Waals surface area contributed by atoms with Gasteiger partial charge in [0.05, 0.1) is 0 Å². The first-order valence-electron chi connectivity index (χ1n) is 6.54. The quantitative estimate of drug-likeness (QED) is 0.789. The highest BCUT2D eigenvalue weighted by molar-refractivity contribution is 9.10. The average Bonchev–Trinajstić information content (AvgIpc) is 2.84. The summed E-state index contributed by atoms with van der Waals surface area (Å²) in [6, 6.07) is 4.54. The SMILES string of the molecule is CCC1(C(=O)Cc2cc(F)ccc2Br)CCCC1. The van der Waals surface area contributed by atoms with Crippen molar-refractivity contribution < 1.29 is 9.18 Å². The number of halogens is 2. The summed E-state index contributed by atoms with van der Waals surface area (Å²) in [5, 5.41) is 0. The summed E-state index contributed by atoms with van der Waals surface area (Å²) in [7, 11) is 0. The molecule has 1 fully saturated rings. The number of ketones is 1. The third kappa shape index (κ3) is 2.66. The van der Waals surface area contributed by atoms with Crippen LogP contribution in [-0.2, 0) is 11.2 Å². The van der Waals surface area contributed by atoms with Gasteiger partial charge in [0.25, 0.3) is 0 Å². The number of rotatable bonds is 4. The van der Waals surface area contributed by atoms with Crippen LogP contribution in [0.3, 0.4) is 0 Å². The minimum Gasteiger partial charge on any atom is -0.299 e. The predicted molar refractivity (Wildman–Crippen MR) is 74.0 cm³/mol. The molecule has 1 aliphatic rings. The number of Topliss-reactive ketones (excluding diaryl/α,β-unsaturated/α-hetero) is 1. The monoisotopic (exact) mass is 312 g/mol. The van der Waals surface area contributed by atoms with Crippen LogP contribution in [0.1, 0.15) is 44.6 Å². The van der Waals surface area contributed by atoms with Crippen molar-refractivity contribution in [1.82, 2.24) is 0 Å². The second-order valence-corrected chi connectivity index (χ2v) is 6.03. The molecule has 0 amide bonds. The van der Waals surface area contributed by atoms with E-state index in [1.54, 1.807) is 6.07 Å². The van der Waals surface area contributed by atoms with Crippen molar-refractivity contribution in [2.45, 2.75) is 45.4 Å². The van der Waals surface area contributed by atoms with Gasteiger partial charge in [-0.3, -0.25) is 4.79 Å². The zero-order valence-corrected chi connectivity index (χ0v) is 12.2. The predicted octanol–water partition coefficient (Wildman–Crippen LogP) is 4.67. The molecule has 1 aliphatic carbocycles. The van der Waals surface area contributed by atoms with E-state index in [0.29, 0.717) is 6.42 Å². The van der Waals surface area contributed by atoms with Crippen LogP contribution < -0.4 is 0 Å². The number of hydrogen-bond acceptors (Lipinski definition) is 1. The van der Waals surface area contributed by atoms with Crippen LogP contribution in [0.2, 0.25) is 0 Å². The summed E-state index contributed by atoms with van der Waals surface area (Å²) in [4.78, 5) is 12.5. The Bertz CT molecular complexity index is 450. The lowest BCUT2D eigenvalue weighted by atomic mass is 9.77. The van der Waals surface area contributed by atoms with Crippen molar-refractivity contribution in [3.05, 3.63) is 34.1 Å². The Hall–Kier alpha value is -0.700. The van der Waals surface area contributed by atoms with E-state index in [9.17, 15) is 9.18 Å². The molecule has 0 N–H and O–H groups in total. The molecule has 3 heteroatoms. The Kier molecular flexibility index (Phi) is 4.21. The Morgan fingerprint density at radius 3 is 2.67 bits per heavy atom. The van der Waals surface area contributed by atoms with Gasteiger partial charge in [-0.15, -0.1) is 0 Å². The second kappa shape index (κ2) is 5.52. The molecule has 0 aromatic heterocycles. The van der Waals surface area contributed by atoms with Gasteiger partial charge in [0.2, 0.25) is 0 Å². The van der Waals surface area contributed by atoms with Crippen LogP contribution in [0.5, 0.6) is 0 Å². The summed E-state index contributed by atoms with van der Waals surface area (Å²) < 4.78 is 14.0. The standard InChI is InChI=1S/C15H18BrFO/c1-2-15(7-3-4-8-15)14(18)10-11-9-12(17)5-6-13(11)16/h5-6,9H,2-4,7-8,10H2,1H3. The summed E-state index contributed by atoms with van der Waals surface area (Å²) >= 11 is 3.39. The Labute approximate surface area is 116 Å². The lowest BCUT2D eigenvalue weighted by Gasteiger charge is -2.25. The van der Waals surface area contributed by atoms with Gasteiger partial charge in [-0.05, 0) is 43.0 Å². The molecular weight excluding hydrogens is 295 g/mol. The van der Waals surface area contributed by atoms with Gasteiger partial charge in [-0.2, -0.15) is 0 Å². The summed E-state index contributed by atoms with van der Waals surface area (Å²) in [5.41, 5.74) is 0.617. The molecule has 0 aliphatic heterocycles. The molecule has 1 saturated carbocycles. The van der Waals surface area contributed by atoms with Crippen LogP contribution >= 0.6 is 15.9 Å². The first-order valence-corrected chi connectivity index (χ1v) is 7.34. The fraction of sp³-hybridized carbons (Fsp3) is 0.533. The van der Waals surface area contributed by atoms with E-state index in [2.05, 4.69) is 22.9 Å². The smallest absolute Gasteiger partial charge is 0.143 e. The molecule has 0 heterocycles. The molecule has 18 heavy (non-hydrogen) atoms. The van der Waals surface area contributed by atoms with Crippen LogP contribution in [0.25, 0.3) is 0 Å². The Morgan fingerprint density at radius 2 is 2.06 bits per heavy atom. The Balaban J connectivity index is 2.18. The number of carbonyl (C=O) groups is 1. The summed E-state index contributed by atoms with van der Waals surface area (Å²) in [6.45, 7) is 2.09. The average molecular weight is 313 g/mol. The third-order valence-electron chi connectivity index (χ3n) is 4.19. The van der Waals surface area contributed by atoms with Crippen LogP contribution in [0.15, 0.2) is 22.7 Å². The minimum atomic E-state index is -0.280. The van der Waals surface area contributed by atoms with Crippen LogP contribution in [0, 0.1) is 11.2 Å². The number of carbonyl (C=O) groups excluding carboxylic acids is 1. The first kappa shape index (κ1) is 13.7. The van der Waals surface area contributed by atoms with Crippen LogP contribution in [0.4, 0.5) is 4.39 Å². The van der Waals surface area contributed by atoms with E-state index >= 15 is 0 Å². The highest BCUT2D eigenvalue weighted by Crippen LogP contribution is 2.42. The molecule has 0 unspecified atom stereocenters. The molecule has 0 radical (unpaired) electrons. The molecule has 0 atom stereocenters. The zero-order chi connectivity index (χ0) is 13.2. The fourth-order valence-corrected chi connectivity index (χ4v) is 3.31. The van der Waals surface area contributed by atoms with E-state index in [0.717, 1.165) is 42.1 Å². The minimum absolute atomic E-state index is 0.147. The lowest BCUT2D eigenvalue weighted by molar-refractivity contribution is -0.128. The third-order valence-corrected chi connectivity index (χ3v) is 4.96. The Morgan fingerprint density at radius 1 is 1.39 bits per heavy atom. The molecule has 0 saturated heterocycles. The summed E-state index contributed by atoms with van der Waals surface area (Å²) in [6.07, 6.45) is 5.52. The second-order valence-electron chi connectivity index (χ2n) is 5.18. The van der Waals surface area contributed by atoms with Crippen molar-refractivity contribution in [3.63, 3.8) is 0 Å². The molecule has 1 aromatic carbocycles. The van der Waals surface area contributed by atoms with Crippen molar-refractivity contribution in [3.8, 4) is 0 Å². The highest BCUT2D eigenvalue weighted by atomic mass is 79.9. The maximum Gasteiger partial charge on any atom is 0.143 e. The fourth-order valence-electron chi connectivity index (χ4n) is 2.92. The van der Waals surface area contributed by atoms with Crippen molar-refractivity contribution in [2.75, 3.05) is 0 Å². The molecule has 0 spiro atoms. The van der Waals surface area contributed by atoms with Gasteiger partial charge in [0.15, 0.2) is 0 Å². The van der Waals surface area contributed by atoms with Gasteiger partial charge < -0.3 is 0 Å². The van der Waals surface area contributed by atoms with Crippen LogP contribution in [-0.4, -0.2) is 5.78 Å². The van der Waals surface area contributed by atoms with Gasteiger partial charge >= 0.3 is 0 Å². The van der Waals surface area contributed by atoms with Gasteiger partial charge in [-0.25, -0.2) is 4.39 Å². The zero-order valence-electron chi connectivity index (χ0n) is 10.6. The highest BCUT2D eigenvalue weighted by Gasteiger charge is 2.38. The van der Waals surface area contributed by atoms with E-state index < -0.39 is 0 Å². The van der Waals surface area contributed by atoms with E-state index in [1.165, 1.54) is 12.1 Å². The maximum atomic E-state index is 13.2. The number of hydrogen-bond donors (Lipinski definition) is 0. The van der Waals surface area contributed by atoms with E-state index in [-0.39, 0.29) is 17.0 Å². The van der Waals surface area contributed by atoms with E-state index in [4.69, 9.17) is 0 Å². The molecule has 0 bridgehead atoms. The van der Waals surface area contributed by atoms with E-state index in [1.807, 2.05) is 0 Å². The first-order chi connectivity index (χ1) is 8.57. The van der Waals surface area contributed by atoms with Crippen molar-refractivity contribution >= 4 is 21.7 Å². The molecule has 98 valence electrons. The molecule has 1 nitrogen and oxygen atoms in total. The van der Waals surface area contributed by atoms with Gasteiger partial charge in [-0.1, -0.05) is 35.7 Å². The van der Waals surface area contributed by atoms with Gasteiger partial charge in [0.1, 0.15) is 11.6 Å².